The number of hydrogen-bond donors (Lipinski definition) is 1. The summed E-state index contributed by atoms with van der Waals surface area (Å²) in [5.74, 6) is 1.41. The fourth-order valence-electron chi connectivity index (χ4n) is 4.09. The lowest BCUT2D eigenvalue weighted by Crippen LogP contribution is -2.33. The van der Waals surface area contributed by atoms with E-state index in [9.17, 15) is 4.79 Å². The van der Waals surface area contributed by atoms with Crippen molar-refractivity contribution in [2.24, 2.45) is 11.3 Å². The first kappa shape index (κ1) is 16.6. The third kappa shape index (κ3) is 2.60. The van der Waals surface area contributed by atoms with Crippen molar-refractivity contribution in [2.75, 3.05) is 14.2 Å². The van der Waals surface area contributed by atoms with E-state index in [1.807, 2.05) is 18.3 Å². The first-order valence-electron chi connectivity index (χ1n) is 8.27. The van der Waals surface area contributed by atoms with Crippen molar-refractivity contribution in [3.63, 3.8) is 0 Å². The largest absolute Gasteiger partial charge is 0.493 e. The number of methoxy groups -OCH3 is 2. The van der Waals surface area contributed by atoms with Crippen LogP contribution in [0.25, 0.3) is 10.9 Å². The van der Waals surface area contributed by atoms with E-state index in [-0.39, 0.29) is 17.3 Å². The first-order valence-corrected chi connectivity index (χ1v) is 8.27. The second-order valence-corrected chi connectivity index (χ2v) is 7.36. The minimum atomic E-state index is -0.0502. The Kier molecular flexibility index (Phi) is 4.16. The number of aldehydes is 1. The monoisotopic (exact) mass is 327 g/mol. The molecule has 0 fully saturated rings. The smallest absolute Gasteiger partial charge is 0.162 e. The Labute approximate surface area is 142 Å². The number of nitrogens with one attached hydrogen (secondary N) is 1. The van der Waals surface area contributed by atoms with Gasteiger partial charge in [-0.3, -0.25) is 0 Å². The van der Waals surface area contributed by atoms with Crippen LogP contribution in [0.5, 0.6) is 11.5 Å². The number of ether oxygens (including phenoxy) is 2. The molecule has 0 spiro atoms. The highest BCUT2D eigenvalue weighted by atomic mass is 16.5. The Balaban J connectivity index is 2.18. The van der Waals surface area contributed by atoms with Gasteiger partial charge in [-0.25, -0.2) is 0 Å². The molecule has 0 unspecified atom stereocenters. The summed E-state index contributed by atoms with van der Waals surface area (Å²) in [5, 5.41) is 1.08. The summed E-state index contributed by atoms with van der Waals surface area (Å²) in [6.07, 6.45) is 6.32. The lowest BCUT2D eigenvalue weighted by molar-refractivity contribution is -0.114. The molecule has 0 aliphatic heterocycles. The van der Waals surface area contributed by atoms with Gasteiger partial charge in [0.05, 0.1) is 14.2 Å². The van der Waals surface area contributed by atoms with Crippen molar-refractivity contribution < 1.29 is 14.3 Å². The predicted molar refractivity (Wildman–Crippen MR) is 95.9 cm³/mol. The van der Waals surface area contributed by atoms with Crippen molar-refractivity contribution >= 4 is 17.2 Å². The highest BCUT2D eigenvalue weighted by Crippen LogP contribution is 2.48. The van der Waals surface area contributed by atoms with Gasteiger partial charge in [-0.05, 0) is 30.4 Å². The number of hydrogen-bond acceptors (Lipinski definition) is 3. The van der Waals surface area contributed by atoms with Gasteiger partial charge in [-0.1, -0.05) is 25.5 Å². The lowest BCUT2D eigenvalue weighted by Gasteiger charge is -2.39. The van der Waals surface area contributed by atoms with Gasteiger partial charge in [0.25, 0.3) is 0 Å². The number of aromatic amines is 1. The third-order valence-electron chi connectivity index (χ3n) is 5.21. The number of allylic oxidation sites excluding steroid dienone is 2. The summed E-state index contributed by atoms with van der Waals surface area (Å²) in [5.41, 5.74) is 3.40. The van der Waals surface area contributed by atoms with E-state index in [0.717, 1.165) is 29.2 Å². The van der Waals surface area contributed by atoms with Crippen LogP contribution < -0.4 is 9.47 Å². The van der Waals surface area contributed by atoms with Gasteiger partial charge in [0.1, 0.15) is 6.29 Å². The zero-order valence-electron chi connectivity index (χ0n) is 15.0. The van der Waals surface area contributed by atoms with E-state index in [0.29, 0.717) is 11.5 Å². The Morgan fingerprint density at radius 1 is 1.21 bits per heavy atom. The van der Waals surface area contributed by atoms with Crippen LogP contribution in [-0.2, 0) is 4.79 Å². The van der Waals surface area contributed by atoms with E-state index in [4.69, 9.17) is 9.47 Å². The van der Waals surface area contributed by atoms with Crippen LogP contribution in [0.2, 0.25) is 0 Å². The van der Waals surface area contributed by atoms with E-state index in [2.05, 4.69) is 31.8 Å². The molecule has 2 aromatic rings. The minimum Gasteiger partial charge on any atom is -0.493 e. The zero-order chi connectivity index (χ0) is 17.5. The molecular weight excluding hydrogens is 302 g/mol. The van der Waals surface area contributed by atoms with Crippen LogP contribution in [-0.4, -0.2) is 25.5 Å². The van der Waals surface area contributed by atoms with Gasteiger partial charge in [-0.2, -0.15) is 0 Å². The lowest BCUT2D eigenvalue weighted by atomic mass is 9.63. The topological polar surface area (TPSA) is 51.3 Å². The van der Waals surface area contributed by atoms with Crippen LogP contribution in [0, 0.1) is 11.3 Å². The first-order chi connectivity index (χ1) is 11.4. The molecule has 4 heteroatoms. The van der Waals surface area contributed by atoms with E-state index in [1.165, 1.54) is 5.57 Å². The molecule has 1 heterocycles. The Bertz CT molecular complexity index is 801. The molecule has 3 rings (SSSR count). The van der Waals surface area contributed by atoms with E-state index in [1.54, 1.807) is 14.2 Å². The standard InChI is InChI=1S/C20H25NO3/c1-12-6-13(16(11-22)20(2,3)9-12)15-10-21-17-8-19(24-5)18(23-4)7-14(15)17/h6-8,10-11,13,16,21H,9H2,1-5H3/t13-,16-/m0/s1. The number of H-pyrrole nitrogens is 1. The predicted octanol–water partition coefficient (Wildman–Crippen LogP) is 4.46. The van der Waals surface area contributed by atoms with Crippen molar-refractivity contribution in [3.8, 4) is 11.5 Å². The highest BCUT2D eigenvalue weighted by Gasteiger charge is 2.39. The quantitative estimate of drug-likeness (QED) is 0.666. The van der Waals surface area contributed by atoms with Gasteiger partial charge in [0.2, 0.25) is 0 Å². The summed E-state index contributed by atoms with van der Waals surface area (Å²) in [6.45, 7) is 6.50. The number of benzene rings is 1. The Morgan fingerprint density at radius 2 is 1.88 bits per heavy atom. The van der Waals surface area contributed by atoms with Crippen molar-refractivity contribution in [1.82, 2.24) is 4.98 Å². The average molecular weight is 327 g/mol. The van der Waals surface area contributed by atoms with Crippen LogP contribution in [0.15, 0.2) is 30.0 Å². The molecule has 128 valence electrons. The molecule has 1 aromatic heterocycles. The summed E-state index contributed by atoms with van der Waals surface area (Å²) in [7, 11) is 3.27. The van der Waals surface area contributed by atoms with Crippen molar-refractivity contribution in [2.45, 2.75) is 33.1 Å². The Hall–Kier alpha value is -2.23. The maximum atomic E-state index is 11.9. The van der Waals surface area contributed by atoms with Crippen molar-refractivity contribution in [1.29, 1.82) is 0 Å². The average Bonchev–Trinajstić information content (AvgIpc) is 2.94. The fraction of sp³-hybridized carbons (Fsp3) is 0.450. The normalized spacial score (nSPS) is 23.0. The maximum Gasteiger partial charge on any atom is 0.162 e. The summed E-state index contributed by atoms with van der Waals surface area (Å²) in [6, 6.07) is 3.94. The second-order valence-electron chi connectivity index (χ2n) is 7.36. The van der Waals surface area contributed by atoms with Crippen LogP contribution in [0.3, 0.4) is 0 Å². The molecule has 4 nitrogen and oxygen atoms in total. The van der Waals surface area contributed by atoms with Gasteiger partial charge >= 0.3 is 0 Å². The van der Waals surface area contributed by atoms with Gasteiger partial charge in [0.15, 0.2) is 11.5 Å². The molecule has 1 aliphatic carbocycles. The molecule has 0 saturated heterocycles. The van der Waals surface area contributed by atoms with Gasteiger partial charge in [-0.15, -0.1) is 0 Å². The van der Waals surface area contributed by atoms with Crippen LogP contribution in [0.4, 0.5) is 0 Å². The van der Waals surface area contributed by atoms with Crippen LogP contribution >= 0.6 is 0 Å². The number of carbonyl (C=O) groups excluding carboxylic acids is 1. The third-order valence-corrected chi connectivity index (χ3v) is 5.21. The molecule has 24 heavy (non-hydrogen) atoms. The highest BCUT2D eigenvalue weighted by molar-refractivity contribution is 5.88. The molecule has 0 amide bonds. The van der Waals surface area contributed by atoms with E-state index < -0.39 is 0 Å². The molecule has 1 aromatic carbocycles. The fourth-order valence-corrected chi connectivity index (χ4v) is 4.09. The van der Waals surface area contributed by atoms with Crippen LogP contribution in [0.1, 0.15) is 38.7 Å². The molecule has 2 atom stereocenters. The molecule has 1 N–H and O–H groups in total. The Morgan fingerprint density at radius 3 is 2.50 bits per heavy atom. The molecule has 0 saturated carbocycles. The van der Waals surface area contributed by atoms with Crippen molar-refractivity contribution in [3.05, 3.63) is 35.5 Å². The number of fused-ring (bicyclic) bond motifs is 1. The van der Waals surface area contributed by atoms with Gasteiger partial charge in [0, 0.05) is 35.0 Å². The summed E-state index contributed by atoms with van der Waals surface area (Å²) >= 11 is 0. The number of aromatic nitrogens is 1. The minimum absolute atomic E-state index is 0.0479. The summed E-state index contributed by atoms with van der Waals surface area (Å²) < 4.78 is 10.8. The maximum absolute atomic E-state index is 11.9. The summed E-state index contributed by atoms with van der Waals surface area (Å²) in [4.78, 5) is 15.2. The molecular formula is C20H25NO3. The SMILES string of the molecule is COc1cc2[nH]cc([C@@H]3C=C(C)CC(C)(C)[C@H]3C=O)c2cc1OC. The zero-order valence-corrected chi connectivity index (χ0v) is 15.0. The molecule has 1 aliphatic rings. The molecule has 0 bridgehead atoms. The second kappa shape index (κ2) is 6.00. The van der Waals surface area contributed by atoms with E-state index >= 15 is 0 Å². The van der Waals surface area contributed by atoms with Gasteiger partial charge < -0.3 is 19.3 Å². The number of rotatable bonds is 4. The molecule has 0 radical (unpaired) electrons. The number of carbonyl (C=O) groups is 1.